The summed E-state index contributed by atoms with van der Waals surface area (Å²) < 4.78 is 5.48. The van der Waals surface area contributed by atoms with E-state index in [1.807, 2.05) is 22.6 Å². The molecule has 0 unspecified atom stereocenters. The van der Waals surface area contributed by atoms with Gasteiger partial charge >= 0.3 is 5.97 Å². The van der Waals surface area contributed by atoms with Crippen molar-refractivity contribution in [1.29, 1.82) is 0 Å². The van der Waals surface area contributed by atoms with Crippen LogP contribution in [0.4, 0.5) is 0 Å². The maximum Gasteiger partial charge on any atom is 0.342 e. The molecule has 1 aromatic carbocycles. The molecule has 0 bridgehead atoms. The number of carbonyl (C=O) groups is 1. The van der Waals surface area contributed by atoms with Crippen LogP contribution >= 0.6 is 22.6 Å². The number of rotatable bonds is 2. The molecule has 13 heavy (non-hydrogen) atoms. The highest BCUT2D eigenvalue weighted by Gasteiger charge is 2.15. The Labute approximate surface area is 89.9 Å². The van der Waals surface area contributed by atoms with Crippen molar-refractivity contribution in [2.75, 3.05) is 6.61 Å². The first-order valence-corrected chi connectivity index (χ1v) is 4.89. The van der Waals surface area contributed by atoms with E-state index >= 15 is 0 Å². The highest BCUT2D eigenvalue weighted by molar-refractivity contribution is 14.1. The van der Waals surface area contributed by atoms with Crippen LogP contribution in [-0.4, -0.2) is 17.7 Å². The van der Waals surface area contributed by atoms with Crippen LogP contribution in [-0.2, 0) is 4.74 Å². The highest BCUT2D eigenvalue weighted by Crippen LogP contribution is 2.23. The van der Waals surface area contributed by atoms with Gasteiger partial charge in [0.15, 0.2) is 0 Å². The summed E-state index contributed by atoms with van der Waals surface area (Å²) >= 11 is 1.98. The molecular formula is C9H9IO3. The SMILES string of the molecule is CCOC(=O)c1c(O)cccc1I. The van der Waals surface area contributed by atoms with Crippen molar-refractivity contribution in [1.82, 2.24) is 0 Å². The Bertz CT molecular complexity index is 302. The molecule has 1 aromatic rings. The standard InChI is InChI=1S/C9H9IO3/c1-2-13-9(12)8-6(10)4-3-5-7(8)11/h3-5,11H,2H2,1H3. The van der Waals surface area contributed by atoms with E-state index in [1.165, 1.54) is 6.07 Å². The van der Waals surface area contributed by atoms with Gasteiger partial charge in [0.25, 0.3) is 0 Å². The van der Waals surface area contributed by atoms with Gasteiger partial charge in [0.05, 0.1) is 6.61 Å². The van der Waals surface area contributed by atoms with Crippen LogP contribution in [0.2, 0.25) is 0 Å². The number of hydrogen-bond donors (Lipinski definition) is 1. The minimum atomic E-state index is -0.481. The number of halogens is 1. The topological polar surface area (TPSA) is 46.5 Å². The Morgan fingerprint density at radius 1 is 1.62 bits per heavy atom. The maximum absolute atomic E-state index is 11.3. The summed E-state index contributed by atoms with van der Waals surface area (Å²) in [5.41, 5.74) is 0.241. The zero-order valence-electron chi connectivity index (χ0n) is 7.08. The van der Waals surface area contributed by atoms with Crippen LogP contribution < -0.4 is 0 Å². The molecule has 0 heterocycles. The van der Waals surface area contributed by atoms with E-state index < -0.39 is 5.97 Å². The summed E-state index contributed by atoms with van der Waals surface area (Å²) in [5.74, 6) is -0.518. The van der Waals surface area contributed by atoms with E-state index in [2.05, 4.69) is 0 Å². The molecule has 0 aromatic heterocycles. The summed E-state index contributed by atoms with van der Waals surface area (Å²) in [6.45, 7) is 2.04. The summed E-state index contributed by atoms with van der Waals surface area (Å²) in [4.78, 5) is 11.3. The highest BCUT2D eigenvalue weighted by atomic mass is 127. The van der Waals surface area contributed by atoms with Crippen molar-refractivity contribution < 1.29 is 14.6 Å². The molecule has 0 aliphatic rings. The first-order chi connectivity index (χ1) is 6.16. The van der Waals surface area contributed by atoms with Crippen LogP contribution in [0.25, 0.3) is 0 Å². The number of esters is 1. The lowest BCUT2D eigenvalue weighted by atomic mass is 10.2. The number of hydrogen-bond acceptors (Lipinski definition) is 3. The molecule has 0 radical (unpaired) electrons. The van der Waals surface area contributed by atoms with E-state index in [1.54, 1.807) is 19.1 Å². The van der Waals surface area contributed by atoms with Crippen LogP contribution in [0.15, 0.2) is 18.2 Å². The normalized spacial score (nSPS) is 9.69. The number of phenols is 1. The van der Waals surface area contributed by atoms with Gasteiger partial charge in [0, 0.05) is 3.57 Å². The Kier molecular flexibility index (Phi) is 3.53. The Hall–Kier alpha value is -0.780. The lowest BCUT2D eigenvalue weighted by Gasteiger charge is -2.05. The van der Waals surface area contributed by atoms with E-state index in [-0.39, 0.29) is 11.3 Å². The molecule has 3 nitrogen and oxygen atoms in total. The summed E-state index contributed by atoms with van der Waals surface area (Å²) in [5, 5.41) is 9.38. The van der Waals surface area contributed by atoms with Crippen molar-refractivity contribution in [2.45, 2.75) is 6.92 Å². The average Bonchev–Trinajstić information content (AvgIpc) is 2.04. The number of benzene rings is 1. The monoisotopic (exact) mass is 292 g/mol. The van der Waals surface area contributed by atoms with Gasteiger partial charge in [-0.05, 0) is 41.6 Å². The third kappa shape index (κ3) is 2.33. The lowest BCUT2D eigenvalue weighted by molar-refractivity contribution is 0.0522. The molecule has 4 heteroatoms. The van der Waals surface area contributed by atoms with Crippen molar-refractivity contribution in [3.8, 4) is 5.75 Å². The summed E-state index contributed by atoms with van der Waals surface area (Å²) in [7, 11) is 0. The smallest absolute Gasteiger partial charge is 0.342 e. The minimum Gasteiger partial charge on any atom is -0.507 e. The van der Waals surface area contributed by atoms with Crippen molar-refractivity contribution >= 4 is 28.6 Å². The van der Waals surface area contributed by atoms with Gasteiger partial charge in [-0.15, -0.1) is 0 Å². The molecule has 70 valence electrons. The van der Waals surface area contributed by atoms with Crippen molar-refractivity contribution in [2.24, 2.45) is 0 Å². The molecule has 0 amide bonds. The number of aromatic hydroxyl groups is 1. The van der Waals surface area contributed by atoms with Gasteiger partial charge in [-0.3, -0.25) is 0 Å². The Morgan fingerprint density at radius 3 is 2.85 bits per heavy atom. The molecule has 0 aliphatic heterocycles. The molecule has 0 atom stereocenters. The predicted octanol–water partition coefficient (Wildman–Crippen LogP) is 2.17. The van der Waals surface area contributed by atoms with Crippen molar-refractivity contribution in [3.05, 3.63) is 27.3 Å². The first kappa shape index (κ1) is 10.3. The molecule has 0 saturated carbocycles. The summed E-state index contributed by atoms with van der Waals surface area (Å²) in [6.07, 6.45) is 0. The quantitative estimate of drug-likeness (QED) is 0.671. The number of carbonyl (C=O) groups excluding carboxylic acids is 1. The summed E-state index contributed by atoms with van der Waals surface area (Å²) in [6, 6.07) is 4.89. The lowest BCUT2D eigenvalue weighted by Crippen LogP contribution is -2.06. The van der Waals surface area contributed by atoms with Crippen LogP contribution in [0.1, 0.15) is 17.3 Å². The second-order valence-corrected chi connectivity index (χ2v) is 3.52. The van der Waals surface area contributed by atoms with E-state index in [0.29, 0.717) is 10.2 Å². The fourth-order valence-corrected chi connectivity index (χ4v) is 1.62. The number of ether oxygens (including phenoxy) is 1. The van der Waals surface area contributed by atoms with Crippen LogP contribution in [0.3, 0.4) is 0 Å². The number of phenolic OH excluding ortho intramolecular Hbond substituents is 1. The zero-order valence-corrected chi connectivity index (χ0v) is 9.24. The second-order valence-electron chi connectivity index (χ2n) is 2.35. The molecule has 0 saturated heterocycles. The fourth-order valence-electron chi connectivity index (χ4n) is 0.918. The molecule has 0 aliphatic carbocycles. The molecular weight excluding hydrogens is 283 g/mol. The minimum absolute atomic E-state index is 0.0367. The Morgan fingerprint density at radius 2 is 2.31 bits per heavy atom. The third-order valence-corrected chi connectivity index (χ3v) is 2.37. The average molecular weight is 292 g/mol. The van der Waals surface area contributed by atoms with Gasteiger partial charge in [0.1, 0.15) is 11.3 Å². The second kappa shape index (κ2) is 4.45. The predicted molar refractivity (Wildman–Crippen MR) is 56.8 cm³/mol. The molecule has 1 rings (SSSR count). The van der Waals surface area contributed by atoms with Crippen LogP contribution in [0, 0.1) is 3.57 Å². The van der Waals surface area contributed by atoms with E-state index in [4.69, 9.17) is 4.74 Å². The molecule has 0 fully saturated rings. The van der Waals surface area contributed by atoms with Crippen LogP contribution in [0.5, 0.6) is 5.75 Å². The van der Waals surface area contributed by atoms with Gasteiger partial charge in [-0.2, -0.15) is 0 Å². The zero-order chi connectivity index (χ0) is 9.84. The Balaban J connectivity index is 3.05. The largest absolute Gasteiger partial charge is 0.507 e. The van der Waals surface area contributed by atoms with E-state index in [9.17, 15) is 9.90 Å². The maximum atomic E-state index is 11.3. The first-order valence-electron chi connectivity index (χ1n) is 3.81. The van der Waals surface area contributed by atoms with Crippen molar-refractivity contribution in [3.63, 3.8) is 0 Å². The third-order valence-electron chi connectivity index (χ3n) is 1.47. The van der Waals surface area contributed by atoms with E-state index in [0.717, 1.165) is 0 Å². The van der Waals surface area contributed by atoms with Gasteiger partial charge in [0.2, 0.25) is 0 Å². The van der Waals surface area contributed by atoms with Gasteiger partial charge in [-0.25, -0.2) is 4.79 Å². The molecule has 0 spiro atoms. The van der Waals surface area contributed by atoms with Gasteiger partial charge in [-0.1, -0.05) is 6.07 Å². The fraction of sp³-hybridized carbons (Fsp3) is 0.222. The van der Waals surface area contributed by atoms with Gasteiger partial charge < -0.3 is 9.84 Å². The molecule has 1 N–H and O–H groups in total.